The zero-order valence-corrected chi connectivity index (χ0v) is 17.9. The molecule has 0 aliphatic carbocycles. The number of rotatable bonds is 14. The van der Waals surface area contributed by atoms with Crippen molar-refractivity contribution in [1.29, 1.82) is 0 Å². The number of nitrogens with zero attached hydrogens (tertiary/aromatic N) is 2. The van der Waals surface area contributed by atoms with Gasteiger partial charge in [0.1, 0.15) is 11.9 Å². The van der Waals surface area contributed by atoms with Crippen LogP contribution in [0.4, 0.5) is 5.82 Å². The predicted octanol–water partition coefficient (Wildman–Crippen LogP) is 2.62. The summed E-state index contributed by atoms with van der Waals surface area (Å²) in [5.41, 5.74) is 2.49. The lowest BCUT2D eigenvalue weighted by Crippen LogP contribution is -2.39. The molecule has 1 aliphatic heterocycles. The number of nitrogens with one attached hydrogen (secondary N) is 2. The molecule has 0 fully saturated rings. The molecule has 0 radical (unpaired) electrons. The van der Waals surface area contributed by atoms with Crippen molar-refractivity contribution in [2.75, 3.05) is 52.3 Å². The summed E-state index contributed by atoms with van der Waals surface area (Å²) in [5.74, 6) is 0.808. The molecule has 1 atom stereocenters. The van der Waals surface area contributed by atoms with E-state index < -0.39 is 0 Å². The van der Waals surface area contributed by atoms with Gasteiger partial charge < -0.3 is 25.0 Å². The first kappa shape index (κ1) is 23.2. The second kappa shape index (κ2) is 13.2. The fourth-order valence-electron chi connectivity index (χ4n) is 3.57. The Labute approximate surface area is 176 Å². The van der Waals surface area contributed by atoms with Crippen molar-refractivity contribution in [3.63, 3.8) is 0 Å². The summed E-state index contributed by atoms with van der Waals surface area (Å²) in [6, 6.07) is 4.01. The van der Waals surface area contributed by atoms with Crippen LogP contribution >= 0.6 is 0 Å². The van der Waals surface area contributed by atoms with E-state index in [1.807, 2.05) is 0 Å². The van der Waals surface area contributed by atoms with Gasteiger partial charge in [-0.2, -0.15) is 0 Å². The molecule has 0 unspecified atom stereocenters. The molecular formula is C22H38N4O3. The molecule has 0 saturated carbocycles. The molecule has 0 amide bonds. The van der Waals surface area contributed by atoms with Crippen molar-refractivity contribution >= 4 is 11.8 Å². The number of esters is 1. The lowest BCUT2D eigenvalue weighted by atomic mass is 10.1. The maximum Gasteiger partial charge on any atom is 0.328 e. The summed E-state index contributed by atoms with van der Waals surface area (Å²) in [5, 5.41) is 6.38. The van der Waals surface area contributed by atoms with Gasteiger partial charge in [0.25, 0.3) is 0 Å². The molecule has 7 nitrogen and oxygen atoms in total. The van der Waals surface area contributed by atoms with Crippen molar-refractivity contribution < 1.29 is 15.7 Å². The maximum atomic E-state index is 11.9. The number of methoxy groups -OCH3 is 2. The highest BCUT2D eigenvalue weighted by molar-refractivity contribution is 5.75. The van der Waals surface area contributed by atoms with Crippen LogP contribution in [0.1, 0.15) is 38.4 Å². The summed E-state index contributed by atoms with van der Waals surface area (Å²) in [6.07, 6.45) is 7.66. The van der Waals surface area contributed by atoms with Crippen molar-refractivity contribution in [1.82, 2.24) is 15.2 Å². The van der Waals surface area contributed by atoms with E-state index in [1.54, 1.807) is 13.3 Å². The van der Waals surface area contributed by atoms with E-state index in [-0.39, 0.29) is 13.4 Å². The van der Waals surface area contributed by atoms with E-state index in [9.17, 15) is 4.79 Å². The van der Waals surface area contributed by atoms with E-state index in [0.717, 1.165) is 63.4 Å². The Hall–Kier alpha value is -2.12. The third kappa shape index (κ3) is 8.03. The Kier molecular flexibility index (Phi) is 10.5. The van der Waals surface area contributed by atoms with Crippen LogP contribution in [0, 0.1) is 0 Å². The molecule has 2 rings (SSSR count). The molecule has 2 heterocycles. The Balaban J connectivity index is 0.00000450. The molecular weight excluding hydrogens is 368 g/mol. The van der Waals surface area contributed by atoms with Crippen LogP contribution in [0.25, 0.3) is 0 Å². The number of fused-ring (bicyclic) bond motifs is 1. The fraction of sp³-hybridized carbons (Fsp3) is 0.636. The van der Waals surface area contributed by atoms with Gasteiger partial charge >= 0.3 is 5.97 Å². The molecule has 164 valence electrons. The first-order chi connectivity index (χ1) is 14.2. The Morgan fingerprint density at radius 3 is 3.00 bits per heavy atom. The summed E-state index contributed by atoms with van der Waals surface area (Å²) in [4.78, 5) is 19.0. The van der Waals surface area contributed by atoms with Gasteiger partial charge in [0.05, 0.1) is 13.7 Å². The van der Waals surface area contributed by atoms with E-state index in [1.165, 1.54) is 19.1 Å². The third-order valence-electron chi connectivity index (χ3n) is 5.26. The fourth-order valence-corrected chi connectivity index (χ4v) is 3.57. The molecule has 1 aromatic heterocycles. The topological polar surface area (TPSA) is 75.7 Å². The lowest BCUT2D eigenvalue weighted by molar-refractivity contribution is -0.143. The SMILES string of the molecule is C=CN[C@@H](CCN(CCCCc1ccc2c(n1)NCCC2)CCOC)C(=O)OC.[HH]. The predicted molar refractivity (Wildman–Crippen MR) is 118 cm³/mol. The molecule has 2 N–H and O–H groups in total. The van der Waals surface area contributed by atoms with Gasteiger partial charge in [-0.3, -0.25) is 0 Å². The van der Waals surface area contributed by atoms with Crippen LogP contribution in [0.3, 0.4) is 0 Å². The third-order valence-corrected chi connectivity index (χ3v) is 5.26. The summed E-state index contributed by atoms with van der Waals surface area (Å²) < 4.78 is 10.1. The molecule has 7 heteroatoms. The highest BCUT2D eigenvalue weighted by Crippen LogP contribution is 2.20. The molecule has 1 aromatic rings. The number of carbonyl (C=O) groups excluding carboxylic acids is 1. The smallest absolute Gasteiger partial charge is 0.328 e. The zero-order valence-electron chi connectivity index (χ0n) is 17.9. The van der Waals surface area contributed by atoms with Crippen LogP contribution in [-0.2, 0) is 27.1 Å². The average Bonchev–Trinajstić information content (AvgIpc) is 2.76. The summed E-state index contributed by atoms with van der Waals surface area (Å²) >= 11 is 0. The number of carbonyl (C=O) groups is 1. The summed E-state index contributed by atoms with van der Waals surface area (Å²) in [7, 11) is 3.12. The summed E-state index contributed by atoms with van der Waals surface area (Å²) in [6.45, 7) is 7.95. The number of hydrogen-bond acceptors (Lipinski definition) is 7. The number of aryl methyl sites for hydroxylation is 2. The highest BCUT2D eigenvalue weighted by Gasteiger charge is 2.18. The van der Waals surface area contributed by atoms with Crippen LogP contribution in [0.5, 0.6) is 0 Å². The number of aromatic nitrogens is 1. The Morgan fingerprint density at radius 2 is 2.24 bits per heavy atom. The lowest BCUT2D eigenvalue weighted by Gasteiger charge is -2.24. The standard InChI is InChI=1S/C22H36N4O3.H2/c1-4-23-20(22(27)29-3)12-15-26(16-17-28-2)14-6-5-9-19-11-10-18-8-7-13-24-21(18)25-19;/h4,10-11,20,23H,1,5-9,12-17H2,2-3H3,(H,24,25);1H/t20-;/m0./s1. The van der Waals surface area contributed by atoms with Gasteiger partial charge in [-0.1, -0.05) is 12.6 Å². The monoisotopic (exact) mass is 406 g/mol. The second-order valence-electron chi connectivity index (χ2n) is 7.37. The van der Waals surface area contributed by atoms with E-state index in [4.69, 9.17) is 14.5 Å². The molecule has 0 aromatic carbocycles. The average molecular weight is 407 g/mol. The van der Waals surface area contributed by atoms with Gasteiger partial charge in [-0.05, 0) is 62.9 Å². The van der Waals surface area contributed by atoms with E-state index in [2.05, 4.69) is 34.2 Å². The van der Waals surface area contributed by atoms with Gasteiger partial charge in [0.2, 0.25) is 0 Å². The van der Waals surface area contributed by atoms with Crippen LogP contribution in [0.2, 0.25) is 0 Å². The first-order valence-corrected chi connectivity index (χ1v) is 10.6. The molecule has 0 bridgehead atoms. The minimum atomic E-state index is -0.366. The molecule has 0 saturated heterocycles. The van der Waals surface area contributed by atoms with Gasteiger partial charge in [0.15, 0.2) is 0 Å². The largest absolute Gasteiger partial charge is 0.467 e. The van der Waals surface area contributed by atoms with Crippen LogP contribution < -0.4 is 10.6 Å². The number of anilines is 1. The van der Waals surface area contributed by atoms with Gasteiger partial charge in [0, 0.05) is 33.9 Å². The van der Waals surface area contributed by atoms with Crippen molar-refractivity contribution in [2.45, 2.75) is 44.6 Å². The maximum absolute atomic E-state index is 11.9. The van der Waals surface area contributed by atoms with Crippen molar-refractivity contribution in [3.05, 3.63) is 36.2 Å². The number of hydrogen-bond donors (Lipinski definition) is 2. The van der Waals surface area contributed by atoms with E-state index in [0.29, 0.717) is 13.0 Å². The normalized spacial score (nSPS) is 14.0. The van der Waals surface area contributed by atoms with E-state index >= 15 is 0 Å². The minimum Gasteiger partial charge on any atom is -0.467 e. The van der Waals surface area contributed by atoms with Crippen molar-refractivity contribution in [2.24, 2.45) is 0 Å². The number of unbranched alkanes of at least 4 members (excludes halogenated alkanes) is 1. The van der Waals surface area contributed by atoms with Crippen molar-refractivity contribution in [3.8, 4) is 0 Å². The molecule has 1 aliphatic rings. The van der Waals surface area contributed by atoms with Gasteiger partial charge in [-0.25, -0.2) is 9.78 Å². The van der Waals surface area contributed by atoms with Crippen LogP contribution in [0.15, 0.2) is 24.9 Å². The Bertz CT molecular complexity index is 645. The molecule has 29 heavy (non-hydrogen) atoms. The Morgan fingerprint density at radius 1 is 1.38 bits per heavy atom. The molecule has 0 spiro atoms. The van der Waals surface area contributed by atoms with Crippen LogP contribution in [-0.4, -0.2) is 68.9 Å². The quantitative estimate of drug-likeness (QED) is 0.363. The number of pyridine rings is 1. The zero-order chi connectivity index (χ0) is 20.9. The highest BCUT2D eigenvalue weighted by atomic mass is 16.5. The van der Waals surface area contributed by atoms with Gasteiger partial charge in [-0.15, -0.1) is 0 Å². The second-order valence-corrected chi connectivity index (χ2v) is 7.37. The minimum absolute atomic E-state index is 0. The first-order valence-electron chi connectivity index (χ1n) is 10.6. The number of ether oxygens (including phenoxy) is 2.